The maximum atomic E-state index is 12.9. The predicted molar refractivity (Wildman–Crippen MR) is 73.6 cm³/mol. The molecule has 4 heteroatoms. The standard InChI is InChI=1S/C14H9BrClFO/c15-13-8-11(17)5-6-12(13)14(18)7-9-1-3-10(16)4-2-9/h1-6,8H,7H2. The van der Waals surface area contributed by atoms with Crippen LogP contribution >= 0.6 is 27.5 Å². The highest BCUT2D eigenvalue weighted by atomic mass is 79.9. The number of hydrogen-bond donors (Lipinski definition) is 0. The van der Waals surface area contributed by atoms with Gasteiger partial charge in [0.25, 0.3) is 0 Å². The van der Waals surface area contributed by atoms with E-state index in [0.29, 0.717) is 15.1 Å². The van der Waals surface area contributed by atoms with Gasteiger partial charge < -0.3 is 0 Å². The molecule has 0 saturated carbocycles. The second-order valence-electron chi connectivity index (χ2n) is 3.85. The van der Waals surface area contributed by atoms with Crippen LogP contribution in [0.1, 0.15) is 15.9 Å². The molecule has 0 atom stereocenters. The van der Waals surface area contributed by atoms with Gasteiger partial charge in [-0.25, -0.2) is 4.39 Å². The minimum Gasteiger partial charge on any atom is -0.294 e. The summed E-state index contributed by atoms with van der Waals surface area (Å²) in [6.45, 7) is 0. The number of halogens is 3. The number of carbonyl (C=O) groups is 1. The monoisotopic (exact) mass is 326 g/mol. The van der Waals surface area contributed by atoms with Crippen LogP contribution in [0, 0.1) is 5.82 Å². The molecule has 0 aliphatic heterocycles. The molecule has 2 aromatic carbocycles. The van der Waals surface area contributed by atoms with Crippen LogP contribution in [0.5, 0.6) is 0 Å². The van der Waals surface area contributed by atoms with E-state index in [1.165, 1.54) is 18.2 Å². The molecule has 1 nitrogen and oxygen atoms in total. The Bertz CT molecular complexity index is 581. The van der Waals surface area contributed by atoms with Crippen molar-refractivity contribution in [3.8, 4) is 0 Å². The summed E-state index contributed by atoms with van der Waals surface area (Å²) in [5.74, 6) is -0.436. The van der Waals surface area contributed by atoms with E-state index in [-0.39, 0.29) is 18.0 Å². The van der Waals surface area contributed by atoms with Crippen LogP contribution in [0.15, 0.2) is 46.9 Å². The van der Waals surface area contributed by atoms with E-state index >= 15 is 0 Å². The van der Waals surface area contributed by atoms with Gasteiger partial charge in [0, 0.05) is 21.5 Å². The molecule has 2 aromatic rings. The number of hydrogen-bond acceptors (Lipinski definition) is 1. The number of ketones is 1. The Balaban J connectivity index is 2.19. The number of carbonyl (C=O) groups excluding carboxylic acids is 1. The highest BCUT2D eigenvalue weighted by Crippen LogP contribution is 2.20. The molecule has 0 saturated heterocycles. The lowest BCUT2D eigenvalue weighted by Crippen LogP contribution is -2.04. The van der Waals surface area contributed by atoms with Gasteiger partial charge in [0.05, 0.1) is 0 Å². The molecular weight excluding hydrogens is 319 g/mol. The van der Waals surface area contributed by atoms with E-state index in [0.717, 1.165) is 5.56 Å². The topological polar surface area (TPSA) is 17.1 Å². The van der Waals surface area contributed by atoms with Crippen LogP contribution < -0.4 is 0 Å². The number of rotatable bonds is 3. The van der Waals surface area contributed by atoms with Gasteiger partial charge in [0.2, 0.25) is 0 Å². The molecule has 0 bridgehead atoms. The largest absolute Gasteiger partial charge is 0.294 e. The zero-order valence-corrected chi connectivity index (χ0v) is 11.6. The van der Waals surface area contributed by atoms with Crippen molar-refractivity contribution in [1.82, 2.24) is 0 Å². The summed E-state index contributed by atoms with van der Waals surface area (Å²) in [5.41, 5.74) is 1.35. The zero-order chi connectivity index (χ0) is 13.1. The van der Waals surface area contributed by atoms with Crippen LogP contribution in [-0.2, 0) is 6.42 Å². The lowest BCUT2D eigenvalue weighted by atomic mass is 10.0. The van der Waals surface area contributed by atoms with Crippen molar-refractivity contribution in [3.63, 3.8) is 0 Å². The smallest absolute Gasteiger partial charge is 0.168 e. The minimum atomic E-state index is -0.370. The van der Waals surface area contributed by atoms with E-state index in [2.05, 4.69) is 15.9 Å². The third-order valence-corrected chi connectivity index (χ3v) is 3.42. The lowest BCUT2D eigenvalue weighted by molar-refractivity contribution is 0.0992. The second-order valence-corrected chi connectivity index (χ2v) is 5.14. The van der Waals surface area contributed by atoms with Gasteiger partial charge >= 0.3 is 0 Å². The molecule has 18 heavy (non-hydrogen) atoms. The third kappa shape index (κ3) is 3.18. The van der Waals surface area contributed by atoms with Gasteiger partial charge in [-0.1, -0.05) is 23.7 Å². The molecule has 0 aromatic heterocycles. The first-order chi connectivity index (χ1) is 8.56. The molecule has 0 unspecified atom stereocenters. The first kappa shape index (κ1) is 13.2. The normalized spacial score (nSPS) is 10.4. The summed E-state index contributed by atoms with van der Waals surface area (Å²) in [4.78, 5) is 12.0. The molecule has 0 N–H and O–H groups in total. The van der Waals surface area contributed by atoms with Crippen molar-refractivity contribution in [2.45, 2.75) is 6.42 Å². The quantitative estimate of drug-likeness (QED) is 0.749. The Morgan fingerprint density at radius 3 is 2.44 bits per heavy atom. The van der Waals surface area contributed by atoms with Crippen molar-refractivity contribution in [2.24, 2.45) is 0 Å². The molecular formula is C14H9BrClFO. The first-order valence-electron chi connectivity index (χ1n) is 5.29. The Morgan fingerprint density at radius 1 is 1.17 bits per heavy atom. The van der Waals surface area contributed by atoms with Gasteiger partial charge in [-0.3, -0.25) is 4.79 Å². The molecule has 0 aliphatic rings. The molecule has 0 heterocycles. The van der Waals surface area contributed by atoms with Gasteiger partial charge in [-0.05, 0) is 51.8 Å². The van der Waals surface area contributed by atoms with Crippen LogP contribution in [0.3, 0.4) is 0 Å². The first-order valence-corrected chi connectivity index (χ1v) is 6.46. The average molecular weight is 328 g/mol. The van der Waals surface area contributed by atoms with E-state index in [1.54, 1.807) is 24.3 Å². The summed E-state index contributed by atoms with van der Waals surface area (Å²) < 4.78 is 13.4. The van der Waals surface area contributed by atoms with Gasteiger partial charge in [-0.2, -0.15) is 0 Å². The summed E-state index contributed by atoms with van der Waals surface area (Å²) in [6.07, 6.45) is 0.265. The lowest BCUT2D eigenvalue weighted by Gasteiger charge is -2.04. The number of benzene rings is 2. The number of Topliss-reactive ketones (excluding diaryl/α,β-unsaturated/α-hetero) is 1. The van der Waals surface area contributed by atoms with E-state index < -0.39 is 0 Å². The molecule has 0 spiro atoms. The Kier molecular flexibility index (Phi) is 4.15. The average Bonchev–Trinajstić information content (AvgIpc) is 2.32. The van der Waals surface area contributed by atoms with Crippen molar-refractivity contribution in [1.29, 1.82) is 0 Å². The van der Waals surface area contributed by atoms with Gasteiger partial charge in [-0.15, -0.1) is 0 Å². The van der Waals surface area contributed by atoms with Gasteiger partial charge in [0.15, 0.2) is 5.78 Å². The SMILES string of the molecule is O=C(Cc1ccc(Cl)cc1)c1ccc(F)cc1Br. The van der Waals surface area contributed by atoms with Gasteiger partial charge in [0.1, 0.15) is 5.82 Å². The van der Waals surface area contributed by atoms with Crippen LogP contribution in [-0.4, -0.2) is 5.78 Å². The molecule has 0 aliphatic carbocycles. The minimum absolute atomic E-state index is 0.0656. The van der Waals surface area contributed by atoms with Crippen LogP contribution in [0.25, 0.3) is 0 Å². The van der Waals surface area contributed by atoms with Crippen molar-refractivity contribution in [3.05, 3.63) is 68.9 Å². The van der Waals surface area contributed by atoms with E-state index in [1.807, 2.05) is 0 Å². The highest BCUT2D eigenvalue weighted by molar-refractivity contribution is 9.10. The fraction of sp³-hybridized carbons (Fsp3) is 0.0714. The molecule has 0 amide bonds. The predicted octanol–water partition coefficient (Wildman–Crippen LogP) is 4.67. The van der Waals surface area contributed by atoms with Crippen LogP contribution in [0.4, 0.5) is 4.39 Å². The summed E-state index contributed by atoms with van der Waals surface area (Å²) in [6, 6.07) is 11.1. The maximum absolute atomic E-state index is 12.9. The zero-order valence-electron chi connectivity index (χ0n) is 9.29. The molecule has 2 rings (SSSR count). The Morgan fingerprint density at radius 2 is 1.83 bits per heavy atom. The fourth-order valence-corrected chi connectivity index (χ4v) is 2.30. The van der Waals surface area contributed by atoms with E-state index in [4.69, 9.17) is 11.6 Å². The highest BCUT2D eigenvalue weighted by Gasteiger charge is 2.11. The Hall–Kier alpha value is -1.19. The summed E-state index contributed by atoms with van der Waals surface area (Å²) >= 11 is 8.96. The third-order valence-electron chi connectivity index (χ3n) is 2.51. The summed E-state index contributed by atoms with van der Waals surface area (Å²) in [7, 11) is 0. The van der Waals surface area contributed by atoms with Crippen molar-refractivity contribution in [2.75, 3.05) is 0 Å². The van der Waals surface area contributed by atoms with Crippen molar-refractivity contribution >= 4 is 33.3 Å². The maximum Gasteiger partial charge on any atom is 0.168 e. The van der Waals surface area contributed by atoms with E-state index in [9.17, 15) is 9.18 Å². The van der Waals surface area contributed by atoms with Crippen molar-refractivity contribution < 1.29 is 9.18 Å². The molecule has 92 valence electrons. The summed E-state index contributed by atoms with van der Waals surface area (Å²) in [5, 5.41) is 0.633. The Labute approximate surface area is 118 Å². The molecule has 0 radical (unpaired) electrons. The van der Waals surface area contributed by atoms with Crippen LogP contribution in [0.2, 0.25) is 5.02 Å². The fourth-order valence-electron chi connectivity index (χ4n) is 1.60. The second kappa shape index (κ2) is 5.63. The molecule has 0 fully saturated rings.